The molecule has 1 aromatic carbocycles. The van der Waals surface area contributed by atoms with Crippen molar-refractivity contribution < 1.29 is 18.0 Å². The number of hydrogen-bond acceptors (Lipinski definition) is 2. The summed E-state index contributed by atoms with van der Waals surface area (Å²) in [6.45, 7) is 0.760. The Morgan fingerprint density at radius 2 is 1.96 bits per heavy atom. The van der Waals surface area contributed by atoms with Crippen LogP contribution < -0.4 is 10.9 Å². The SMILES string of the molecule is Cn1cc(NC(=O)N2CC(Cc3ccccc3C(F)(F)F)C2)cc(Br)c1=O. The third-order valence-corrected chi connectivity index (χ3v) is 5.03. The van der Waals surface area contributed by atoms with Crippen molar-refractivity contribution in [3.8, 4) is 0 Å². The second-order valence-electron chi connectivity index (χ2n) is 6.55. The average Bonchev–Trinajstić information content (AvgIpc) is 2.54. The first kappa shape index (κ1) is 19.5. The number of alkyl halides is 3. The van der Waals surface area contributed by atoms with E-state index in [0.29, 0.717) is 23.2 Å². The maximum absolute atomic E-state index is 13.1. The highest BCUT2D eigenvalue weighted by molar-refractivity contribution is 9.10. The molecule has 3 rings (SSSR count). The molecule has 2 heterocycles. The molecule has 2 aromatic rings. The van der Waals surface area contributed by atoms with Crippen molar-refractivity contribution in [2.75, 3.05) is 18.4 Å². The largest absolute Gasteiger partial charge is 0.416 e. The predicted octanol–water partition coefficient (Wildman–Crippen LogP) is 3.87. The van der Waals surface area contributed by atoms with E-state index in [4.69, 9.17) is 0 Å². The topological polar surface area (TPSA) is 54.3 Å². The summed E-state index contributed by atoms with van der Waals surface area (Å²) in [5.74, 6) is -0.0221. The van der Waals surface area contributed by atoms with E-state index in [1.165, 1.54) is 33.9 Å². The number of urea groups is 1. The van der Waals surface area contributed by atoms with Gasteiger partial charge >= 0.3 is 12.2 Å². The molecule has 0 saturated carbocycles. The van der Waals surface area contributed by atoms with E-state index in [9.17, 15) is 22.8 Å². The Balaban J connectivity index is 1.59. The van der Waals surface area contributed by atoms with Gasteiger partial charge < -0.3 is 14.8 Å². The number of anilines is 1. The van der Waals surface area contributed by atoms with Gasteiger partial charge in [0.15, 0.2) is 0 Å². The zero-order valence-corrected chi connectivity index (χ0v) is 16.0. The van der Waals surface area contributed by atoms with Crippen molar-refractivity contribution in [3.05, 3.63) is 62.5 Å². The monoisotopic (exact) mass is 443 g/mol. The van der Waals surface area contributed by atoms with Crippen LogP contribution >= 0.6 is 15.9 Å². The highest BCUT2D eigenvalue weighted by atomic mass is 79.9. The van der Waals surface area contributed by atoms with Crippen LogP contribution in [-0.4, -0.2) is 28.6 Å². The summed E-state index contributed by atoms with van der Waals surface area (Å²) in [4.78, 5) is 25.4. The lowest BCUT2D eigenvalue weighted by molar-refractivity contribution is -0.138. The highest BCUT2D eigenvalue weighted by Gasteiger charge is 2.36. The van der Waals surface area contributed by atoms with Crippen LogP contribution in [0, 0.1) is 5.92 Å². The third-order valence-electron chi connectivity index (χ3n) is 4.47. The molecule has 0 radical (unpaired) electrons. The van der Waals surface area contributed by atoms with Crippen molar-refractivity contribution in [3.63, 3.8) is 0 Å². The molecular formula is C18H17BrF3N3O2. The first-order chi connectivity index (χ1) is 12.6. The Labute approximate surface area is 161 Å². The number of rotatable bonds is 3. The summed E-state index contributed by atoms with van der Waals surface area (Å²) in [6, 6.07) is 6.69. The normalized spacial score (nSPS) is 14.8. The highest BCUT2D eigenvalue weighted by Crippen LogP contribution is 2.34. The Bertz CT molecular complexity index is 895. The van der Waals surface area contributed by atoms with Crippen molar-refractivity contribution in [2.45, 2.75) is 12.6 Å². The van der Waals surface area contributed by atoms with E-state index in [1.54, 1.807) is 13.1 Å². The lowest BCUT2D eigenvalue weighted by Crippen LogP contribution is -2.52. The van der Waals surface area contributed by atoms with Crippen molar-refractivity contribution in [1.29, 1.82) is 0 Å². The van der Waals surface area contributed by atoms with E-state index in [0.717, 1.165) is 6.07 Å². The van der Waals surface area contributed by atoms with Crippen LogP contribution in [0.15, 0.2) is 45.8 Å². The van der Waals surface area contributed by atoms with Gasteiger partial charge in [-0.15, -0.1) is 0 Å². The Kier molecular flexibility index (Phi) is 5.32. The minimum atomic E-state index is -4.38. The lowest BCUT2D eigenvalue weighted by atomic mass is 9.90. The fourth-order valence-electron chi connectivity index (χ4n) is 3.09. The van der Waals surface area contributed by atoms with Crippen LogP contribution in [0.1, 0.15) is 11.1 Å². The number of carbonyl (C=O) groups is 1. The first-order valence-electron chi connectivity index (χ1n) is 8.22. The smallest absolute Gasteiger partial charge is 0.324 e. The van der Waals surface area contributed by atoms with Crippen LogP contribution in [0.2, 0.25) is 0 Å². The molecule has 1 N–H and O–H groups in total. The van der Waals surface area contributed by atoms with Crippen LogP contribution in [0.25, 0.3) is 0 Å². The summed E-state index contributed by atoms with van der Waals surface area (Å²) < 4.78 is 40.8. The van der Waals surface area contributed by atoms with Crippen molar-refractivity contribution >= 4 is 27.6 Å². The minimum absolute atomic E-state index is 0.0221. The number of pyridine rings is 1. The lowest BCUT2D eigenvalue weighted by Gasteiger charge is -2.39. The van der Waals surface area contributed by atoms with Gasteiger partial charge in [-0.3, -0.25) is 4.79 Å². The number of aryl methyl sites for hydroxylation is 1. The van der Waals surface area contributed by atoms with Gasteiger partial charge in [-0.1, -0.05) is 18.2 Å². The number of nitrogens with one attached hydrogen (secondary N) is 1. The number of carbonyl (C=O) groups excluding carboxylic acids is 1. The van der Waals surface area contributed by atoms with Crippen LogP contribution in [0.4, 0.5) is 23.7 Å². The Morgan fingerprint density at radius 3 is 2.59 bits per heavy atom. The van der Waals surface area contributed by atoms with Gasteiger partial charge in [0.05, 0.1) is 15.7 Å². The van der Waals surface area contributed by atoms with Crippen LogP contribution in [-0.2, 0) is 19.6 Å². The average molecular weight is 444 g/mol. The molecule has 0 aliphatic carbocycles. The third kappa shape index (κ3) is 4.35. The second-order valence-corrected chi connectivity index (χ2v) is 7.41. The molecule has 9 heteroatoms. The van der Waals surface area contributed by atoms with Gasteiger partial charge in [0.25, 0.3) is 5.56 Å². The number of nitrogens with zero attached hydrogens (tertiary/aromatic N) is 2. The number of aromatic nitrogens is 1. The van der Waals surface area contributed by atoms with E-state index in [2.05, 4.69) is 21.2 Å². The molecule has 1 aromatic heterocycles. The van der Waals surface area contributed by atoms with E-state index in [-0.39, 0.29) is 29.5 Å². The quantitative estimate of drug-likeness (QED) is 0.782. The zero-order valence-electron chi connectivity index (χ0n) is 14.4. The molecule has 0 atom stereocenters. The number of amides is 2. The summed E-state index contributed by atoms with van der Waals surface area (Å²) in [5, 5.41) is 2.69. The summed E-state index contributed by atoms with van der Waals surface area (Å²) in [5.41, 5.74) is -0.139. The summed E-state index contributed by atoms with van der Waals surface area (Å²) >= 11 is 3.13. The maximum Gasteiger partial charge on any atom is 0.416 e. The maximum atomic E-state index is 13.1. The molecule has 27 heavy (non-hydrogen) atoms. The molecular weight excluding hydrogens is 427 g/mol. The molecule has 0 bridgehead atoms. The standard InChI is InChI=1S/C18H17BrF3N3O2/c1-24-10-13(7-15(19)16(24)26)23-17(27)25-8-11(9-25)6-12-4-2-3-5-14(12)18(20,21)22/h2-5,7,10-11H,6,8-9H2,1H3,(H,23,27). The molecule has 144 valence electrons. The molecule has 1 saturated heterocycles. The predicted molar refractivity (Wildman–Crippen MR) is 98.6 cm³/mol. The fourth-order valence-corrected chi connectivity index (χ4v) is 3.62. The molecule has 2 amide bonds. The molecule has 0 unspecified atom stereocenters. The molecule has 5 nitrogen and oxygen atoms in total. The fraction of sp³-hybridized carbons (Fsp3) is 0.333. The Hall–Kier alpha value is -2.29. The summed E-state index contributed by atoms with van der Waals surface area (Å²) in [6.07, 6.45) is -2.61. The second kappa shape index (κ2) is 7.38. The number of benzene rings is 1. The van der Waals surface area contributed by atoms with E-state index >= 15 is 0 Å². The van der Waals surface area contributed by atoms with Gasteiger partial charge in [0.1, 0.15) is 0 Å². The molecule has 0 spiro atoms. The number of likely N-dealkylation sites (tertiary alicyclic amines) is 1. The van der Waals surface area contributed by atoms with Gasteiger partial charge in [-0.05, 0) is 46.0 Å². The molecule has 1 aliphatic rings. The van der Waals surface area contributed by atoms with Gasteiger partial charge in [0, 0.05) is 26.3 Å². The van der Waals surface area contributed by atoms with Crippen LogP contribution in [0.5, 0.6) is 0 Å². The van der Waals surface area contributed by atoms with E-state index < -0.39 is 11.7 Å². The van der Waals surface area contributed by atoms with Gasteiger partial charge in [-0.2, -0.15) is 13.2 Å². The Morgan fingerprint density at radius 1 is 1.30 bits per heavy atom. The van der Waals surface area contributed by atoms with Gasteiger partial charge in [0.2, 0.25) is 0 Å². The zero-order chi connectivity index (χ0) is 19.8. The summed E-state index contributed by atoms with van der Waals surface area (Å²) in [7, 11) is 1.57. The van der Waals surface area contributed by atoms with Gasteiger partial charge in [-0.25, -0.2) is 4.79 Å². The molecule has 1 fully saturated rings. The van der Waals surface area contributed by atoms with Crippen molar-refractivity contribution in [1.82, 2.24) is 9.47 Å². The van der Waals surface area contributed by atoms with Crippen LogP contribution in [0.3, 0.4) is 0 Å². The first-order valence-corrected chi connectivity index (χ1v) is 9.01. The number of halogens is 4. The molecule has 1 aliphatic heterocycles. The minimum Gasteiger partial charge on any atom is -0.324 e. The van der Waals surface area contributed by atoms with Crippen molar-refractivity contribution in [2.24, 2.45) is 13.0 Å². The van der Waals surface area contributed by atoms with E-state index in [1.807, 2.05) is 0 Å². The number of hydrogen-bond donors (Lipinski definition) is 1.